The van der Waals surface area contributed by atoms with E-state index in [0.717, 1.165) is 11.4 Å². The summed E-state index contributed by atoms with van der Waals surface area (Å²) in [5.41, 5.74) is 14.1. The smallest absolute Gasteiger partial charge is 0.0702 e. The van der Waals surface area contributed by atoms with Gasteiger partial charge in [0.25, 0.3) is 0 Å². The molecule has 0 fully saturated rings. The summed E-state index contributed by atoms with van der Waals surface area (Å²) in [6, 6.07) is 35.5. The molecule has 2 aromatic heterocycles. The van der Waals surface area contributed by atoms with Crippen LogP contribution in [0.5, 0.6) is 0 Å². The van der Waals surface area contributed by atoms with E-state index in [1.54, 1.807) is 0 Å². The molecule has 4 aromatic carbocycles. The molecule has 2 aliphatic rings. The number of hydrogen-bond donors (Lipinski definition) is 0. The zero-order valence-corrected chi connectivity index (χ0v) is 23.8. The predicted molar refractivity (Wildman–Crippen MR) is 169 cm³/mol. The van der Waals surface area contributed by atoms with E-state index in [-0.39, 0.29) is 10.8 Å². The molecular formula is C38H31N3. The van der Waals surface area contributed by atoms with Gasteiger partial charge >= 0.3 is 0 Å². The van der Waals surface area contributed by atoms with Crippen LogP contribution in [0.15, 0.2) is 116 Å². The number of rotatable bonds is 3. The Labute approximate surface area is 240 Å². The Morgan fingerprint density at radius 1 is 0.561 bits per heavy atom. The maximum atomic E-state index is 4.61. The van der Waals surface area contributed by atoms with Crippen LogP contribution in [-0.4, -0.2) is 14.8 Å². The van der Waals surface area contributed by atoms with Gasteiger partial charge < -0.3 is 0 Å². The fourth-order valence-electron chi connectivity index (χ4n) is 7.24. The minimum absolute atomic E-state index is 0.0886. The zero-order valence-electron chi connectivity index (χ0n) is 23.8. The molecule has 0 saturated carbocycles. The summed E-state index contributed by atoms with van der Waals surface area (Å²) >= 11 is 0. The first-order valence-corrected chi connectivity index (χ1v) is 14.3. The van der Waals surface area contributed by atoms with Gasteiger partial charge in [0.1, 0.15) is 0 Å². The fraction of sp³-hybridized carbons (Fsp3) is 0.158. The summed E-state index contributed by atoms with van der Waals surface area (Å²) in [7, 11) is 0. The van der Waals surface area contributed by atoms with Gasteiger partial charge in [0.05, 0.1) is 11.4 Å². The summed E-state index contributed by atoms with van der Waals surface area (Å²) in [4.78, 5) is 4.61. The Balaban J connectivity index is 1.19. The van der Waals surface area contributed by atoms with Gasteiger partial charge in [0.2, 0.25) is 0 Å². The number of aromatic nitrogens is 3. The van der Waals surface area contributed by atoms with Crippen molar-refractivity contribution in [3.63, 3.8) is 0 Å². The van der Waals surface area contributed by atoms with Crippen LogP contribution >= 0.6 is 0 Å². The third-order valence-corrected chi connectivity index (χ3v) is 9.31. The van der Waals surface area contributed by atoms with Crippen LogP contribution < -0.4 is 0 Å². The van der Waals surface area contributed by atoms with Crippen molar-refractivity contribution >= 4 is 21.9 Å². The molecule has 0 unspecified atom stereocenters. The topological polar surface area (TPSA) is 30.7 Å². The van der Waals surface area contributed by atoms with Crippen molar-refractivity contribution in [2.24, 2.45) is 0 Å². The number of benzene rings is 4. The molecule has 41 heavy (non-hydrogen) atoms. The zero-order chi connectivity index (χ0) is 27.9. The number of hydrogen-bond acceptors (Lipinski definition) is 2. The first-order valence-electron chi connectivity index (χ1n) is 14.3. The molecule has 0 saturated heterocycles. The van der Waals surface area contributed by atoms with Crippen LogP contribution in [0.2, 0.25) is 0 Å². The lowest BCUT2D eigenvalue weighted by Crippen LogP contribution is -2.19. The maximum absolute atomic E-state index is 4.61. The molecule has 0 atom stereocenters. The molecule has 0 amide bonds. The molecule has 6 aromatic rings. The van der Waals surface area contributed by atoms with Gasteiger partial charge in [-0.05, 0) is 104 Å². The molecule has 0 aliphatic heterocycles. The van der Waals surface area contributed by atoms with Crippen molar-refractivity contribution in [1.29, 1.82) is 0 Å². The molecular weight excluding hydrogens is 498 g/mol. The largest absolute Gasteiger partial charge is 0.256 e. The van der Waals surface area contributed by atoms with Crippen LogP contribution in [0.1, 0.15) is 49.9 Å². The van der Waals surface area contributed by atoms with E-state index in [0.29, 0.717) is 0 Å². The van der Waals surface area contributed by atoms with Crippen molar-refractivity contribution in [3.8, 4) is 28.1 Å². The quantitative estimate of drug-likeness (QED) is 0.229. The molecule has 0 radical (unpaired) electrons. The highest BCUT2D eigenvalue weighted by Crippen LogP contribution is 2.63. The summed E-state index contributed by atoms with van der Waals surface area (Å²) in [5.74, 6) is 0. The lowest BCUT2D eigenvalue weighted by molar-refractivity contribution is 0.694. The standard InChI is InChI=1S/C38H31N3/c1-37(2)32-22-27(24-9-10-26-21-29(14-11-25(26)20-24)41-19-7-18-40-41)12-15-30(32)35-36(37)31-16-13-28(23-33(31)38(35,3)4)34-8-5-6-17-39-34/h5-23H,1-4H3. The van der Waals surface area contributed by atoms with Gasteiger partial charge in [0.15, 0.2) is 0 Å². The first kappa shape index (κ1) is 24.1. The van der Waals surface area contributed by atoms with E-state index in [1.165, 1.54) is 60.9 Å². The van der Waals surface area contributed by atoms with Crippen LogP contribution in [-0.2, 0) is 10.8 Å². The monoisotopic (exact) mass is 529 g/mol. The second-order valence-corrected chi connectivity index (χ2v) is 12.4. The van der Waals surface area contributed by atoms with E-state index in [2.05, 4.69) is 123 Å². The van der Waals surface area contributed by atoms with Crippen LogP contribution in [0.3, 0.4) is 0 Å². The highest BCUT2D eigenvalue weighted by atomic mass is 15.3. The van der Waals surface area contributed by atoms with Gasteiger partial charge in [-0.15, -0.1) is 0 Å². The fourth-order valence-corrected chi connectivity index (χ4v) is 7.24. The minimum Gasteiger partial charge on any atom is -0.256 e. The Morgan fingerprint density at radius 3 is 1.88 bits per heavy atom. The number of allylic oxidation sites excluding steroid dienone is 2. The van der Waals surface area contributed by atoms with E-state index >= 15 is 0 Å². The van der Waals surface area contributed by atoms with Crippen molar-refractivity contribution in [2.45, 2.75) is 38.5 Å². The molecule has 0 N–H and O–H groups in total. The Hall–Kier alpha value is -4.76. The Bertz CT molecular complexity index is 2030. The molecule has 0 spiro atoms. The van der Waals surface area contributed by atoms with Gasteiger partial charge in [0, 0.05) is 35.0 Å². The highest BCUT2D eigenvalue weighted by Gasteiger charge is 2.49. The van der Waals surface area contributed by atoms with E-state index in [1.807, 2.05) is 35.4 Å². The van der Waals surface area contributed by atoms with Crippen molar-refractivity contribution in [1.82, 2.24) is 14.8 Å². The van der Waals surface area contributed by atoms with Crippen LogP contribution in [0.4, 0.5) is 0 Å². The third-order valence-electron chi connectivity index (χ3n) is 9.31. The van der Waals surface area contributed by atoms with Gasteiger partial charge in [-0.2, -0.15) is 5.10 Å². The maximum Gasteiger partial charge on any atom is 0.0702 e. The molecule has 2 aliphatic carbocycles. The Morgan fingerprint density at radius 2 is 1.20 bits per heavy atom. The van der Waals surface area contributed by atoms with E-state index < -0.39 is 0 Å². The number of pyridine rings is 1. The second-order valence-electron chi connectivity index (χ2n) is 12.4. The van der Waals surface area contributed by atoms with Crippen molar-refractivity contribution in [2.75, 3.05) is 0 Å². The molecule has 0 bridgehead atoms. The third kappa shape index (κ3) is 3.45. The molecule has 8 rings (SSSR count). The van der Waals surface area contributed by atoms with Gasteiger partial charge in [-0.1, -0.05) is 76.2 Å². The second kappa shape index (κ2) is 8.37. The lowest BCUT2D eigenvalue weighted by Gasteiger charge is -2.28. The average molecular weight is 530 g/mol. The molecule has 2 heterocycles. The first-order chi connectivity index (χ1) is 19.8. The predicted octanol–water partition coefficient (Wildman–Crippen LogP) is 9.25. The normalized spacial score (nSPS) is 16.1. The minimum atomic E-state index is -0.0920. The van der Waals surface area contributed by atoms with E-state index in [4.69, 9.17) is 0 Å². The molecule has 3 heteroatoms. The van der Waals surface area contributed by atoms with E-state index in [9.17, 15) is 0 Å². The van der Waals surface area contributed by atoms with Crippen LogP contribution in [0.25, 0.3) is 50.0 Å². The summed E-state index contributed by atoms with van der Waals surface area (Å²) in [5, 5.41) is 6.83. The SMILES string of the molecule is CC1(C)C2=C(c3ccc(-c4ccc5cc(-n6cccn6)ccc5c4)cc31)C(C)(C)c1cc(-c3ccccn3)ccc12. The molecule has 198 valence electrons. The summed E-state index contributed by atoms with van der Waals surface area (Å²) < 4.78 is 1.90. The van der Waals surface area contributed by atoms with Crippen molar-refractivity contribution in [3.05, 3.63) is 138 Å². The van der Waals surface area contributed by atoms with Crippen LogP contribution in [0, 0.1) is 0 Å². The molecule has 3 nitrogen and oxygen atoms in total. The summed E-state index contributed by atoms with van der Waals surface area (Å²) in [6.07, 6.45) is 5.66. The number of nitrogens with zero attached hydrogens (tertiary/aromatic N) is 3. The van der Waals surface area contributed by atoms with Crippen molar-refractivity contribution < 1.29 is 0 Å². The average Bonchev–Trinajstić information content (AvgIpc) is 3.67. The highest BCUT2D eigenvalue weighted by molar-refractivity contribution is 6.10. The van der Waals surface area contributed by atoms with Gasteiger partial charge in [-0.25, -0.2) is 4.68 Å². The lowest BCUT2D eigenvalue weighted by atomic mass is 9.75. The van der Waals surface area contributed by atoms with Gasteiger partial charge in [-0.3, -0.25) is 4.98 Å². The number of fused-ring (bicyclic) bond motifs is 5. The Kier molecular flexibility index (Phi) is 4.92. The summed E-state index contributed by atoms with van der Waals surface area (Å²) in [6.45, 7) is 9.56.